The van der Waals surface area contributed by atoms with Gasteiger partial charge in [0.05, 0.1) is 42.4 Å². The van der Waals surface area contributed by atoms with E-state index < -0.39 is 0 Å². The molecule has 0 radical (unpaired) electrons. The molecule has 1 aromatic heterocycles. The number of imidazole rings is 1. The molecule has 5 rings (SSSR count). The van der Waals surface area contributed by atoms with Crippen LogP contribution in [0.15, 0.2) is 54.6 Å². The summed E-state index contributed by atoms with van der Waals surface area (Å²) in [5, 5.41) is 1.02. The normalized spacial score (nSPS) is 14.5. The second kappa shape index (κ2) is 17.3. The number of methoxy groups -OCH3 is 3. The van der Waals surface area contributed by atoms with Crippen molar-refractivity contribution in [3.05, 3.63) is 75.8 Å². The van der Waals surface area contributed by atoms with E-state index in [4.69, 9.17) is 42.4 Å². The van der Waals surface area contributed by atoms with Gasteiger partial charge in [-0.3, -0.25) is 4.79 Å². The fourth-order valence-electron chi connectivity index (χ4n) is 6.75. The van der Waals surface area contributed by atoms with Gasteiger partial charge in [-0.15, -0.1) is 0 Å². The minimum Gasteiger partial charge on any atom is -0.493 e. The summed E-state index contributed by atoms with van der Waals surface area (Å²) in [6.07, 6.45) is 5.45. The highest BCUT2D eigenvalue weighted by Gasteiger charge is 2.25. The van der Waals surface area contributed by atoms with Gasteiger partial charge >= 0.3 is 0 Å². The topological polar surface area (TPSA) is 72.3 Å². The van der Waals surface area contributed by atoms with Crippen molar-refractivity contribution >= 4 is 46.1 Å². The lowest BCUT2D eigenvalue weighted by molar-refractivity contribution is 0.0782. The maximum absolute atomic E-state index is 13.8. The summed E-state index contributed by atoms with van der Waals surface area (Å²) in [4.78, 5) is 25.6. The van der Waals surface area contributed by atoms with Crippen LogP contribution in [0.1, 0.15) is 60.9 Å². The number of halogens is 2. The van der Waals surface area contributed by atoms with Crippen molar-refractivity contribution in [3.8, 4) is 17.2 Å². The van der Waals surface area contributed by atoms with E-state index in [1.165, 1.54) is 18.4 Å². The average molecular weight is 711 g/mol. The summed E-state index contributed by atoms with van der Waals surface area (Å²) in [7, 11) is 6.46. The highest BCUT2D eigenvalue weighted by Crippen LogP contribution is 2.39. The van der Waals surface area contributed by atoms with Crippen LogP contribution >= 0.6 is 23.2 Å². The molecule has 2 heterocycles. The lowest BCUT2D eigenvalue weighted by atomic mass is 9.94. The van der Waals surface area contributed by atoms with Crippen LogP contribution in [0.25, 0.3) is 11.0 Å². The first-order valence-electron chi connectivity index (χ1n) is 17.2. The Hall–Kier alpha value is -3.66. The summed E-state index contributed by atoms with van der Waals surface area (Å²) in [5.41, 5.74) is 3.78. The first-order valence-corrected chi connectivity index (χ1v) is 18.0. The molecule has 0 N–H and O–H groups in total. The molecule has 1 unspecified atom stereocenters. The summed E-state index contributed by atoms with van der Waals surface area (Å²) < 4.78 is 18.9. The fraction of sp³-hybridized carbons (Fsp3) is 0.474. The molecule has 4 aromatic rings. The predicted molar refractivity (Wildman–Crippen MR) is 199 cm³/mol. The number of carbonyl (C=O) groups excluding carboxylic acids is 1. The minimum absolute atomic E-state index is 0.0351. The number of amides is 1. The smallest absolute Gasteiger partial charge is 0.253 e. The fourth-order valence-corrected chi connectivity index (χ4v) is 7.05. The van der Waals surface area contributed by atoms with Gasteiger partial charge in [0.15, 0.2) is 11.5 Å². The standard InChI is InChI=1S/C38H49Cl2N5O4/c1-6-7-10-19-45-33-13-9-8-12-32(33)41-38(45)44-18-11-17-43(21-22-44)20-16-28(27-14-15-30(39)31(40)23-27)26-42(2)37(46)29-24-34(47-3)36(49-5)35(25-29)48-4/h8-9,12-15,23-25,28H,6-7,10-11,16-22,26H2,1-5H3. The molecule has 264 valence electrons. The number of fused-ring (bicyclic) bond motifs is 1. The number of hydrogen-bond acceptors (Lipinski definition) is 7. The van der Waals surface area contributed by atoms with E-state index in [1.807, 2.05) is 25.2 Å². The van der Waals surface area contributed by atoms with Crippen molar-refractivity contribution in [2.24, 2.45) is 0 Å². The summed E-state index contributed by atoms with van der Waals surface area (Å²) in [6, 6.07) is 17.6. The number of likely N-dealkylation sites (N-methyl/N-ethyl adjacent to an activating group) is 1. The van der Waals surface area contributed by atoms with Gasteiger partial charge in [0.2, 0.25) is 11.7 Å². The van der Waals surface area contributed by atoms with E-state index in [2.05, 4.69) is 45.6 Å². The molecular weight excluding hydrogens is 661 g/mol. The first kappa shape index (κ1) is 36.6. The zero-order valence-corrected chi connectivity index (χ0v) is 30.9. The highest BCUT2D eigenvalue weighted by molar-refractivity contribution is 6.42. The van der Waals surface area contributed by atoms with Gasteiger partial charge < -0.3 is 33.5 Å². The SMILES string of the molecule is CCCCCn1c(N2CCCN(CCC(CN(C)C(=O)c3cc(OC)c(OC)c(OC)c3)c3ccc(Cl)c(Cl)c3)CC2)nc2ccccc21. The number of aryl methyl sites for hydroxylation is 1. The lowest BCUT2D eigenvalue weighted by Crippen LogP contribution is -2.35. The van der Waals surface area contributed by atoms with Gasteiger partial charge in [0.1, 0.15) is 0 Å². The monoisotopic (exact) mass is 709 g/mol. The van der Waals surface area contributed by atoms with Gasteiger partial charge in [0, 0.05) is 51.3 Å². The molecule has 1 aliphatic heterocycles. The quantitative estimate of drug-likeness (QED) is 0.116. The summed E-state index contributed by atoms with van der Waals surface area (Å²) >= 11 is 12.8. The molecule has 0 spiro atoms. The van der Waals surface area contributed by atoms with Gasteiger partial charge in [-0.05, 0) is 74.3 Å². The Bertz CT molecular complexity index is 1690. The largest absolute Gasteiger partial charge is 0.493 e. The Balaban J connectivity index is 1.30. The molecular formula is C38H49Cl2N5O4. The second-order valence-electron chi connectivity index (χ2n) is 12.7. The molecule has 9 nitrogen and oxygen atoms in total. The number of hydrogen-bond donors (Lipinski definition) is 0. The number of benzene rings is 3. The number of unbranched alkanes of at least 4 members (excludes halogenated alkanes) is 2. The molecule has 0 bridgehead atoms. The molecule has 11 heteroatoms. The molecule has 49 heavy (non-hydrogen) atoms. The first-order chi connectivity index (χ1) is 23.8. The number of anilines is 1. The van der Waals surface area contributed by atoms with Crippen molar-refractivity contribution in [1.82, 2.24) is 19.4 Å². The highest BCUT2D eigenvalue weighted by atomic mass is 35.5. The lowest BCUT2D eigenvalue weighted by Gasteiger charge is -2.28. The molecule has 1 aliphatic rings. The zero-order chi connectivity index (χ0) is 34.9. The third kappa shape index (κ3) is 8.74. The van der Waals surface area contributed by atoms with Crippen LogP contribution in [0.4, 0.5) is 5.95 Å². The maximum Gasteiger partial charge on any atom is 0.253 e. The third-order valence-electron chi connectivity index (χ3n) is 9.45. The molecule has 1 amide bonds. The Labute approximate surface area is 300 Å². The molecule has 1 atom stereocenters. The molecule has 1 fully saturated rings. The number of para-hydroxylation sites is 2. The Morgan fingerprint density at radius 1 is 0.898 bits per heavy atom. The van der Waals surface area contributed by atoms with E-state index in [1.54, 1.807) is 38.4 Å². The van der Waals surface area contributed by atoms with Gasteiger partial charge in [0.25, 0.3) is 5.91 Å². The molecule has 0 aliphatic carbocycles. The van der Waals surface area contributed by atoms with Crippen LogP contribution in [0.5, 0.6) is 17.2 Å². The zero-order valence-electron chi connectivity index (χ0n) is 29.4. The van der Waals surface area contributed by atoms with Crippen molar-refractivity contribution in [2.75, 3.05) is 72.5 Å². The van der Waals surface area contributed by atoms with E-state index in [9.17, 15) is 4.79 Å². The average Bonchev–Trinajstić information content (AvgIpc) is 3.31. The number of ether oxygens (including phenoxy) is 3. The van der Waals surface area contributed by atoms with E-state index in [0.29, 0.717) is 39.4 Å². The third-order valence-corrected chi connectivity index (χ3v) is 10.2. The van der Waals surface area contributed by atoms with Crippen LogP contribution in [0.3, 0.4) is 0 Å². The summed E-state index contributed by atoms with van der Waals surface area (Å²) in [5.74, 6) is 2.30. The Morgan fingerprint density at radius 2 is 1.65 bits per heavy atom. The number of nitrogens with zero attached hydrogens (tertiary/aromatic N) is 5. The molecule has 0 saturated carbocycles. The number of aromatic nitrogens is 2. The van der Waals surface area contributed by atoms with Crippen LogP contribution in [-0.2, 0) is 6.54 Å². The number of carbonyl (C=O) groups is 1. The van der Waals surface area contributed by atoms with Crippen molar-refractivity contribution in [2.45, 2.75) is 51.5 Å². The Morgan fingerprint density at radius 3 is 2.35 bits per heavy atom. The number of rotatable bonds is 15. The minimum atomic E-state index is -0.142. The van der Waals surface area contributed by atoms with Gasteiger partial charge in [-0.1, -0.05) is 61.2 Å². The maximum atomic E-state index is 13.8. The van der Waals surface area contributed by atoms with Crippen LogP contribution in [-0.4, -0.2) is 92.9 Å². The second-order valence-corrected chi connectivity index (χ2v) is 13.5. The van der Waals surface area contributed by atoms with Gasteiger partial charge in [-0.2, -0.15) is 0 Å². The van der Waals surface area contributed by atoms with Crippen LogP contribution < -0.4 is 19.1 Å². The van der Waals surface area contributed by atoms with E-state index in [-0.39, 0.29) is 11.8 Å². The van der Waals surface area contributed by atoms with Crippen LogP contribution in [0, 0.1) is 0 Å². The van der Waals surface area contributed by atoms with Crippen LogP contribution in [0.2, 0.25) is 10.0 Å². The molecule has 1 saturated heterocycles. The molecule has 3 aromatic carbocycles. The Kier molecular flexibility index (Phi) is 12.9. The van der Waals surface area contributed by atoms with Crippen molar-refractivity contribution < 1.29 is 19.0 Å². The summed E-state index contributed by atoms with van der Waals surface area (Å²) in [6.45, 7) is 8.43. The van der Waals surface area contributed by atoms with E-state index in [0.717, 1.165) is 75.6 Å². The van der Waals surface area contributed by atoms with E-state index >= 15 is 0 Å². The van der Waals surface area contributed by atoms with Crippen molar-refractivity contribution in [1.29, 1.82) is 0 Å². The van der Waals surface area contributed by atoms with Gasteiger partial charge in [-0.25, -0.2) is 4.98 Å². The van der Waals surface area contributed by atoms with Crippen molar-refractivity contribution in [3.63, 3.8) is 0 Å². The predicted octanol–water partition coefficient (Wildman–Crippen LogP) is 8.02.